The number of allylic oxidation sites excluding steroid dienone is 1. The average Bonchev–Trinajstić information content (AvgIpc) is 3.30. The highest BCUT2D eigenvalue weighted by molar-refractivity contribution is 7.45. The van der Waals surface area contributed by atoms with Crippen molar-refractivity contribution in [1.29, 1.82) is 0 Å². The smallest absolute Gasteiger partial charge is 0.268 e. The Labute approximate surface area is 424 Å². The first-order valence-electron chi connectivity index (χ1n) is 30.1. The third-order valence-electron chi connectivity index (χ3n) is 14.0. The molecule has 3 atom stereocenters. The number of aliphatic hydroxyl groups excluding tert-OH is 1. The molecule has 0 radical (unpaired) electrons. The van der Waals surface area contributed by atoms with E-state index in [0.717, 1.165) is 38.5 Å². The van der Waals surface area contributed by atoms with E-state index in [0.29, 0.717) is 17.4 Å². The Kier molecular flexibility index (Phi) is 50.6. The van der Waals surface area contributed by atoms with E-state index in [2.05, 4.69) is 19.2 Å². The minimum atomic E-state index is -4.59. The number of phosphoric ester groups is 1. The van der Waals surface area contributed by atoms with E-state index in [4.69, 9.17) is 9.05 Å². The van der Waals surface area contributed by atoms with Crippen LogP contribution in [-0.4, -0.2) is 68.5 Å². The third-order valence-corrected chi connectivity index (χ3v) is 15.0. The Morgan fingerprint density at radius 3 is 1.10 bits per heavy atom. The number of likely N-dealkylation sites (N-methyl/N-ethyl adjacent to an activating group) is 1. The van der Waals surface area contributed by atoms with Crippen LogP contribution in [0.5, 0.6) is 0 Å². The zero-order chi connectivity index (χ0) is 49.9. The molecule has 0 aromatic heterocycles. The number of unbranched alkanes of at least 4 members (excludes halogenated alkanes) is 43. The van der Waals surface area contributed by atoms with Gasteiger partial charge in [-0.15, -0.1) is 0 Å². The summed E-state index contributed by atoms with van der Waals surface area (Å²) in [6, 6.07) is -0.882. The van der Waals surface area contributed by atoms with Crippen LogP contribution in [0.3, 0.4) is 0 Å². The standard InChI is InChI=1S/C59H119N2O6P/c1-6-8-10-12-14-16-18-20-22-24-25-26-27-28-29-30-31-32-33-34-35-36-37-39-41-43-45-47-49-51-53-59(63)60-57(56-67-68(64,65)66-55-54-61(3,4)5)58(62)52-50-48-46-44-42-40-38-23-21-19-17-15-13-11-9-7-2/h50,52,57-58,62H,6-49,51,53-56H2,1-5H3,(H-,60,63,64,65)/b52-50+. The molecule has 1 amide bonds. The van der Waals surface area contributed by atoms with Gasteiger partial charge in [-0.25, -0.2) is 0 Å². The van der Waals surface area contributed by atoms with E-state index < -0.39 is 20.0 Å². The molecule has 0 saturated carbocycles. The molecule has 0 bridgehead atoms. The molecular weight excluding hydrogens is 864 g/mol. The van der Waals surface area contributed by atoms with Crippen molar-refractivity contribution in [3.05, 3.63) is 12.2 Å². The monoisotopic (exact) mass is 983 g/mol. The van der Waals surface area contributed by atoms with Gasteiger partial charge >= 0.3 is 0 Å². The number of aliphatic hydroxyl groups is 1. The van der Waals surface area contributed by atoms with Gasteiger partial charge in [0.25, 0.3) is 7.82 Å². The van der Waals surface area contributed by atoms with E-state index in [1.54, 1.807) is 6.08 Å². The van der Waals surface area contributed by atoms with Crippen molar-refractivity contribution in [1.82, 2.24) is 5.32 Å². The number of amides is 1. The fourth-order valence-corrected chi connectivity index (χ4v) is 10.00. The van der Waals surface area contributed by atoms with Crippen LogP contribution < -0.4 is 10.2 Å². The van der Waals surface area contributed by atoms with Crippen LogP contribution in [0.25, 0.3) is 0 Å². The summed E-state index contributed by atoms with van der Waals surface area (Å²) in [5, 5.41) is 13.9. The van der Waals surface area contributed by atoms with Crippen molar-refractivity contribution in [2.24, 2.45) is 0 Å². The van der Waals surface area contributed by atoms with Crippen molar-refractivity contribution in [2.45, 2.75) is 321 Å². The van der Waals surface area contributed by atoms with E-state index in [1.807, 2.05) is 27.2 Å². The lowest BCUT2D eigenvalue weighted by atomic mass is 10.0. The molecule has 0 heterocycles. The van der Waals surface area contributed by atoms with Crippen LogP contribution in [0.1, 0.15) is 309 Å². The van der Waals surface area contributed by atoms with Gasteiger partial charge in [0.15, 0.2) is 0 Å². The molecule has 3 unspecified atom stereocenters. The van der Waals surface area contributed by atoms with Crippen LogP contribution in [-0.2, 0) is 18.4 Å². The summed E-state index contributed by atoms with van der Waals surface area (Å²) >= 11 is 0. The van der Waals surface area contributed by atoms with Crippen LogP contribution >= 0.6 is 7.82 Å². The third kappa shape index (κ3) is 53.0. The van der Waals surface area contributed by atoms with Crippen molar-refractivity contribution in [3.63, 3.8) is 0 Å². The fourth-order valence-electron chi connectivity index (χ4n) is 9.27. The molecule has 0 spiro atoms. The number of hydrogen-bond donors (Lipinski definition) is 2. The minimum Gasteiger partial charge on any atom is -0.756 e. The summed E-state index contributed by atoms with van der Waals surface area (Å²) < 4.78 is 23.3. The summed E-state index contributed by atoms with van der Waals surface area (Å²) in [7, 11) is 1.28. The van der Waals surface area contributed by atoms with Crippen LogP contribution in [0.2, 0.25) is 0 Å². The molecule has 0 aromatic carbocycles. The first-order valence-corrected chi connectivity index (χ1v) is 31.5. The second-order valence-corrected chi connectivity index (χ2v) is 23.5. The molecule has 0 saturated heterocycles. The fraction of sp³-hybridized carbons (Fsp3) is 0.949. The number of nitrogens with zero attached hydrogens (tertiary/aromatic N) is 1. The predicted molar refractivity (Wildman–Crippen MR) is 293 cm³/mol. The van der Waals surface area contributed by atoms with Crippen molar-refractivity contribution in [2.75, 3.05) is 40.9 Å². The number of carbonyl (C=O) groups is 1. The van der Waals surface area contributed by atoms with E-state index in [1.165, 1.54) is 250 Å². The van der Waals surface area contributed by atoms with Crippen LogP contribution in [0.15, 0.2) is 12.2 Å². The molecule has 0 rings (SSSR count). The molecular formula is C59H119N2O6P. The summed E-state index contributed by atoms with van der Waals surface area (Å²) in [5.74, 6) is -0.190. The Morgan fingerprint density at radius 2 is 0.794 bits per heavy atom. The maximum Gasteiger partial charge on any atom is 0.268 e. The summed E-state index contributed by atoms with van der Waals surface area (Å²) in [6.45, 7) is 4.70. The predicted octanol–water partition coefficient (Wildman–Crippen LogP) is 17.6. The highest BCUT2D eigenvalue weighted by atomic mass is 31.2. The Bertz CT molecular complexity index is 1120. The van der Waals surface area contributed by atoms with E-state index >= 15 is 0 Å². The van der Waals surface area contributed by atoms with Gasteiger partial charge in [-0.2, -0.15) is 0 Å². The Morgan fingerprint density at radius 1 is 0.500 bits per heavy atom. The van der Waals surface area contributed by atoms with Gasteiger partial charge < -0.3 is 28.8 Å². The van der Waals surface area contributed by atoms with Crippen LogP contribution in [0, 0.1) is 0 Å². The lowest BCUT2D eigenvalue weighted by Gasteiger charge is -2.29. The summed E-state index contributed by atoms with van der Waals surface area (Å²) in [4.78, 5) is 25.5. The molecule has 2 N–H and O–H groups in total. The minimum absolute atomic E-state index is 0.00262. The molecule has 0 fully saturated rings. The number of hydrogen-bond acceptors (Lipinski definition) is 6. The molecule has 406 valence electrons. The second kappa shape index (κ2) is 51.2. The quantitative estimate of drug-likeness (QED) is 0.0272. The highest BCUT2D eigenvalue weighted by Crippen LogP contribution is 2.38. The number of quaternary nitrogens is 1. The summed E-state index contributed by atoms with van der Waals surface area (Å²) in [6.07, 6.45) is 63.0. The van der Waals surface area contributed by atoms with Crippen molar-refractivity contribution in [3.8, 4) is 0 Å². The first kappa shape index (κ1) is 67.2. The Hall–Kier alpha value is -0.760. The zero-order valence-corrected chi connectivity index (χ0v) is 47.2. The summed E-state index contributed by atoms with van der Waals surface area (Å²) in [5.41, 5.74) is 0. The van der Waals surface area contributed by atoms with Crippen molar-refractivity contribution >= 4 is 13.7 Å². The van der Waals surface area contributed by atoms with Gasteiger partial charge in [-0.05, 0) is 19.3 Å². The topological polar surface area (TPSA) is 108 Å². The van der Waals surface area contributed by atoms with Gasteiger partial charge in [-0.3, -0.25) is 9.36 Å². The molecule has 0 aliphatic heterocycles. The SMILES string of the molecule is CCCCCCCCCCCCCCCC/C=C/C(O)C(COP(=O)([O-])OCC[N+](C)(C)C)NC(=O)CCCCCCCCCCCCCCCCCCCCCCCCCCCCCCCC. The van der Waals surface area contributed by atoms with Gasteiger partial charge in [0.05, 0.1) is 39.9 Å². The number of nitrogens with one attached hydrogen (secondary N) is 1. The lowest BCUT2D eigenvalue weighted by molar-refractivity contribution is -0.870. The van der Waals surface area contributed by atoms with Gasteiger partial charge in [0.2, 0.25) is 5.91 Å². The van der Waals surface area contributed by atoms with Crippen LogP contribution in [0.4, 0.5) is 0 Å². The van der Waals surface area contributed by atoms with Gasteiger partial charge in [0.1, 0.15) is 13.2 Å². The lowest BCUT2D eigenvalue weighted by Crippen LogP contribution is -2.45. The average molecular weight is 984 g/mol. The largest absolute Gasteiger partial charge is 0.756 e. The van der Waals surface area contributed by atoms with E-state index in [9.17, 15) is 19.4 Å². The number of carbonyl (C=O) groups excluding carboxylic acids is 1. The molecule has 0 aliphatic carbocycles. The number of rotatable bonds is 56. The maximum atomic E-state index is 13.0. The van der Waals surface area contributed by atoms with E-state index in [-0.39, 0.29) is 19.1 Å². The maximum absolute atomic E-state index is 13.0. The molecule has 0 aliphatic rings. The van der Waals surface area contributed by atoms with Gasteiger partial charge in [-0.1, -0.05) is 296 Å². The molecule has 68 heavy (non-hydrogen) atoms. The van der Waals surface area contributed by atoms with Crippen molar-refractivity contribution < 1.29 is 32.9 Å². The molecule has 8 nitrogen and oxygen atoms in total. The van der Waals surface area contributed by atoms with Gasteiger partial charge in [0, 0.05) is 6.42 Å². The second-order valence-electron chi connectivity index (χ2n) is 22.1. The highest BCUT2D eigenvalue weighted by Gasteiger charge is 2.23. The normalized spacial score (nSPS) is 13.9. The molecule has 0 aromatic rings. The Balaban J connectivity index is 4.04. The number of phosphoric acid groups is 1. The first-order chi connectivity index (χ1) is 33.0. The zero-order valence-electron chi connectivity index (χ0n) is 46.3. The molecule has 9 heteroatoms.